The van der Waals surface area contributed by atoms with E-state index < -0.39 is 0 Å². The molecule has 0 radical (unpaired) electrons. The van der Waals surface area contributed by atoms with Crippen molar-refractivity contribution in [1.82, 2.24) is 15.5 Å². The van der Waals surface area contributed by atoms with Crippen molar-refractivity contribution in [3.8, 4) is 0 Å². The molecule has 0 aliphatic carbocycles. The first-order valence-electron chi connectivity index (χ1n) is 5.77. The minimum atomic E-state index is -0.0400. The zero-order valence-corrected chi connectivity index (χ0v) is 13.1. The smallest absolute Gasteiger partial charge is 0.252 e. The van der Waals surface area contributed by atoms with E-state index >= 15 is 0 Å². The van der Waals surface area contributed by atoms with Gasteiger partial charge in [0.15, 0.2) is 0 Å². The zero-order chi connectivity index (χ0) is 13.7. The first-order chi connectivity index (χ1) is 9.16. The molecule has 2 rings (SSSR count). The minimum absolute atomic E-state index is 0.0400. The maximum Gasteiger partial charge on any atom is 0.252 e. The summed E-state index contributed by atoms with van der Waals surface area (Å²) in [6.07, 6.45) is 1.60. The van der Waals surface area contributed by atoms with Crippen molar-refractivity contribution in [2.24, 2.45) is 0 Å². The largest absolute Gasteiger partial charge is 0.374 e. The quantitative estimate of drug-likeness (QED) is 0.607. The van der Waals surface area contributed by atoms with Crippen molar-refractivity contribution in [3.63, 3.8) is 0 Å². The number of carbonyl (C=O) groups is 1. The summed E-state index contributed by atoms with van der Waals surface area (Å²) in [7, 11) is 0. The lowest BCUT2D eigenvalue weighted by Crippen LogP contribution is -2.25. The Balaban J connectivity index is 1.77. The summed E-state index contributed by atoms with van der Waals surface area (Å²) in [5.41, 5.74) is 6.21. The third-order valence-electron chi connectivity index (χ3n) is 2.45. The van der Waals surface area contributed by atoms with E-state index in [-0.39, 0.29) is 5.91 Å². The Hall–Kier alpha value is -1.22. The molecule has 0 fully saturated rings. The van der Waals surface area contributed by atoms with Crippen LogP contribution in [0.2, 0.25) is 0 Å². The normalized spacial score (nSPS) is 10.4. The number of hydrogen-bond acceptors (Lipinski definition) is 5. The number of nitrogens with two attached hydrogens (primary N) is 1. The van der Waals surface area contributed by atoms with Gasteiger partial charge in [-0.3, -0.25) is 4.79 Å². The van der Waals surface area contributed by atoms with Gasteiger partial charge in [-0.1, -0.05) is 23.5 Å². The van der Waals surface area contributed by atoms with Crippen molar-refractivity contribution in [2.75, 3.05) is 12.3 Å². The summed E-state index contributed by atoms with van der Waals surface area (Å²) >= 11 is 3.54. The number of nitrogen functional groups attached to an aromatic ring is 1. The molecular weight excluding hydrogens is 375 g/mol. The summed E-state index contributed by atoms with van der Waals surface area (Å²) in [5.74, 6) is -0.0400. The van der Waals surface area contributed by atoms with Crippen LogP contribution in [0.1, 0.15) is 21.8 Å². The third-order valence-corrected chi connectivity index (χ3v) is 4.21. The molecule has 1 heterocycles. The lowest BCUT2D eigenvalue weighted by atomic mass is 10.2. The van der Waals surface area contributed by atoms with Crippen LogP contribution in [0.3, 0.4) is 0 Å². The predicted octanol–water partition coefficient (Wildman–Crippen LogP) is 2.09. The molecule has 2 aromatic rings. The molecule has 1 aromatic heterocycles. The van der Waals surface area contributed by atoms with Crippen LogP contribution in [0.5, 0.6) is 0 Å². The highest BCUT2D eigenvalue weighted by Gasteiger charge is 2.08. The van der Waals surface area contributed by atoms with Crippen molar-refractivity contribution in [2.45, 2.75) is 12.8 Å². The molecule has 0 spiro atoms. The molecule has 1 aromatic carbocycles. The molecule has 0 unspecified atom stereocenters. The number of amides is 1. The van der Waals surface area contributed by atoms with E-state index in [9.17, 15) is 4.79 Å². The number of benzene rings is 1. The molecule has 1 amide bonds. The fourth-order valence-electron chi connectivity index (χ4n) is 1.55. The van der Waals surface area contributed by atoms with Gasteiger partial charge in [0.05, 0.1) is 5.56 Å². The van der Waals surface area contributed by atoms with Gasteiger partial charge >= 0.3 is 0 Å². The molecule has 0 aliphatic rings. The highest BCUT2D eigenvalue weighted by molar-refractivity contribution is 14.1. The number of nitrogens with zero attached hydrogens (tertiary/aromatic N) is 2. The summed E-state index contributed by atoms with van der Waals surface area (Å²) in [6, 6.07) is 7.52. The van der Waals surface area contributed by atoms with E-state index in [2.05, 4.69) is 38.1 Å². The van der Waals surface area contributed by atoms with Crippen LogP contribution in [-0.2, 0) is 6.42 Å². The molecule has 3 N–H and O–H groups in total. The van der Waals surface area contributed by atoms with Gasteiger partial charge in [0.1, 0.15) is 5.01 Å². The van der Waals surface area contributed by atoms with Gasteiger partial charge in [0.2, 0.25) is 5.13 Å². The second kappa shape index (κ2) is 6.80. The van der Waals surface area contributed by atoms with E-state index in [0.29, 0.717) is 17.2 Å². The Labute approximate surface area is 128 Å². The summed E-state index contributed by atoms with van der Waals surface area (Å²) in [4.78, 5) is 11.9. The van der Waals surface area contributed by atoms with E-state index in [0.717, 1.165) is 21.4 Å². The standard InChI is InChI=1S/C12H13IN4OS/c13-9-5-2-1-4-8(9)11(18)15-7-3-6-10-16-17-12(14)19-10/h1-2,4-5H,3,6-7H2,(H2,14,17)(H,15,18). The number of carbonyl (C=O) groups excluding carboxylic acids is 1. The highest BCUT2D eigenvalue weighted by atomic mass is 127. The molecule has 100 valence electrons. The van der Waals surface area contributed by atoms with Crippen LogP contribution < -0.4 is 11.1 Å². The second-order valence-corrected chi connectivity index (χ2v) is 6.13. The zero-order valence-electron chi connectivity index (χ0n) is 10.1. The molecule has 0 bridgehead atoms. The molecular formula is C12H13IN4OS. The van der Waals surface area contributed by atoms with E-state index in [1.54, 1.807) is 0 Å². The molecule has 5 nitrogen and oxygen atoms in total. The topological polar surface area (TPSA) is 80.9 Å². The number of nitrogens with one attached hydrogen (secondary N) is 1. The average Bonchev–Trinajstić information content (AvgIpc) is 2.81. The van der Waals surface area contributed by atoms with Crippen molar-refractivity contribution >= 4 is 45.0 Å². The first-order valence-corrected chi connectivity index (χ1v) is 7.67. The number of halogens is 1. The fraction of sp³-hybridized carbons (Fsp3) is 0.250. The number of aryl methyl sites for hydroxylation is 1. The Morgan fingerprint density at radius 3 is 2.84 bits per heavy atom. The molecule has 0 saturated carbocycles. The summed E-state index contributed by atoms with van der Waals surface area (Å²) in [6.45, 7) is 0.614. The van der Waals surface area contributed by atoms with Gasteiger partial charge in [-0.25, -0.2) is 0 Å². The molecule has 0 aliphatic heterocycles. The lowest BCUT2D eigenvalue weighted by molar-refractivity contribution is 0.0952. The summed E-state index contributed by atoms with van der Waals surface area (Å²) < 4.78 is 0.953. The van der Waals surface area contributed by atoms with E-state index in [1.807, 2.05) is 24.3 Å². The van der Waals surface area contributed by atoms with Gasteiger partial charge in [0.25, 0.3) is 5.91 Å². The maximum absolute atomic E-state index is 11.9. The van der Waals surface area contributed by atoms with Crippen LogP contribution in [0.25, 0.3) is 0 Å². The Bertz CT molecular complexity index is 572. The van der Waals surface area contributed by atoms with Crippen LogP contribution in [0, 0.1) is 3.57 Å². The third kappa shape index (κ3) is 4.13. The lowest BCUT2D eigenvalue weighted by Gasteiger charge is -2.05. The van der Waals surface area contributed by atoms with Gasteiger partial charge < -0.3 is 11.1 Å². The highest BCUT2D eigenvalue weighted by Crippen LogP contribution is 2.13. The molecule has 19 heavy (non-hydrogen) atoms. The van der Waals surface area contributed by atoms with E-state index in [1.165, 1.54) is 11.3 Å². The van der Waals surface area contributed by atoms with Crippen LogP contribution in [0.4, 0.5) is 5.13 Å². The van der Waals surface area contributed by atoms with Crippen molar-refractivity contribution in [3.05, 3.63) is 38.4 Å². The molecule has 0 atom stereocenters. The van der Waals surface area contributed by atoms with Crippen molar-refractivity contribution < 1.29 is 4.79 Å². The second-order valence-electron chi connectivity index (χ2n) is 3.87. The Morgan fingerprint density at radius 2 is 2.16 bits per heavy atom. The van der Waals surface area contributed by atoms with Crippen LogP contribution in [-0.4, -0.2) is 22.6 Å². The first kappa shape index (κ1) is 14.2. The molecule has 7 heteroatoms. The maximum atomic E-state index is 11.9. The molecule has 0 saturated heterocycles. The fourth-order valence-corrected chi connectivity index (χ4v) is 2.83. The van der Waals surface area contributed by atoms with E-state index in [4.69, 9.17) is 5.73 Å². The number of anilines is 1. The Morgan fingerprint density at radius 1 is 1.37 bits per heavy atom. The van der Waals surface area contributed by atoms with Gasteiger partial charge in [-0.2, -0.15) is 0 Å². The monoisotopic (exact) mass is 388 g/mol. The van der Waals surface area contributed by atoms with Crippen LogP contribution in [0.15, 0.2) is 24.3 Å². The summed E-state index contributed by atoms with van der Waals surface area (Å²) in [5, 5.41) is 12.0. The number of aromatic nitrogens is 2. The Kier molecular flexibility index (Phi) is 5.08. The van der Waals surface area contributed by atoms with Crippen molar-refractivity contribution in [1.29, 1.82) is 0 Å². The van der Waals surface area contributed by atoms with Gasteiger partial charge in [-0.05, 0) is 41.1 Å². The SMILES string of the molecule is Nc1nnc(CCCNC(=O)c2ccccc2I)s1. The van der Waals surface area contributed by atoms with Gasteiger partial charge in [0, 0.05) is 16.5 Å². The van der Waals surface area contributed by atoms with Crippen LogP contribution >= 0.6 is 33.9 Å². The predicted molar refractivity (Wildman–Crippen MR) is 84.1 cm³/mol. The average molecular weight is 388 g/mol. The van der Waals surface area contributed by atoms with Gasteiger partial charge in [-0.15, -0.1) is 10.2 Å². The number of rotatable bonds is 5. The number of hydrogen-bond donors (Lipinski definition) is 2. The minimum Gasteiger partial charge on any atom is -0.374 e.